The monoisotopic (exact) mass is 434 g/mol. The van der Waals surface area contributed by atoms with Gasteiger partial charge in [0.25, 0.3) is 11.8 Å². The third kappa shape index (κ3) is 4.46. The second-order valence-electron chi connectivity index (χ2n) is 6.57. The lowest BCUT2D eigenvalue weighted by molar-refractivity contribution is 0.0844. The Morgan fingerprint density at radius 2 is 1.45 bits per heavy atom. The van der Waals surface area contributed by atoms with Gasteiger partial charge in [-0.3, -0.25) is 20.4 Å². The molecule has 8 heteroatoms. The van der Waals surface area contributed by atoms with Crippen molar-refractivity contribution in [3.63, 3.8) is 0 Å². The molecule has 0 unspecified atom stereocenters. The maximum atomic E-state index is 13.9. The fraction of sp³-hybridized carbons (Fsp3) is 0. The van der Waals surface area contributed by atoms with Gasteiger partial charge in [0.1, 0.15) is 11.5 Å². The predicted octanol–water partition coefficient (Wildman–Crippen LogP) is 4.41. The van der Waals surface area contributed by atoms with E-state index in [0.717, 1.165) is 17.3 Å². The molecule has 4 aromatic rings. The van der Waals surface area contributed by atoms with Gasteiger partial charge in [-0.05, 0) is 30.3 Å². The van der Waals surface area contributed by atoms with Gasteiger partial charge >= 0.3 is 0 Å². The van der Waals surface area contributed by atoms with Gasteiger partial charge in [-0.1, -0.05) is 60.1 Å². The van der Waals surface area contributed by atoms with Gasteiger partial charge in [-0.15, -0.1) is 0 Å². The van der Waals surface area contributed by atoms with Crippen LogP contribution in [-0.4, -0.2) is 21.6 Å². The van der Waals surface area contributed by atoms with Crippen molar-refractivity contribution in [2.75, 3.05) is 0 Å². The van der Waals surface area contributed by atoms with Crippen molar-refractivity contribution in [2.24, 2.45) is 0 Å². The lowest BCUT2D eigenvalue weighted by atomic mass is 10.1. The van der Waals surface area contributed by atoms with Gasteiger partial charge in [0.15, 0.2) is 0 Å². The molecule has 0 spiro atoms. The average molecular weight is 435 g/mol. The molecule has 1 aromatic heterocycles. The summed E-state index contributed by atoms with van der Waals surface area (Å²) in [7, 11) is 0. The van der Waals surface area contributed by atoms with Crippen LogP contribution in [0.5, 0.6) is 0 Å². The van der Waals surface area contributed by atoms with Crippen LogP contribution in [-0.2, 0) is 0 Å². The van der Waals surface area contributed by atoms with E-state index in [2.05, 4.69) is 16.0 Å². The fourth-order valence-corrected chi connectivity index (χ4v) is 3.15. The number of hydrogen-bond acceptors (Lipinski definition) is 3. The molecule has 2 amide bonds. The summed E-state index contributed by atoms with van der Waals surface area (Å²) >= 11 is 5.82. The average Bonchev–Trinajstić information content (AvgIpc) is 3.26. The van der Waals surface area contributed by atoms with Crippen molar-refractivity contribution in [3.05, 3.63) is 107 Å². The number of amides is 2. The Morgan fingerprint density at radius 1 is 0.839 bits per heavy atom. The van der Waals surface area contributed by atoms with Gasteiger partial charge in [0, 0.05) is 16.8 Å². The van der Waals surface area contributed by atoms with Crippen molar-refractivity contribution in [1.82, 2.24) is 20.6 Å². The Labute approximate surface area is 182 Å². The molecule has 4 rings (SSSR count). The van der Waals surface area contributed by atoms with Crippen LogP contribution in [0.15, 0.2) is 85.1 Å². The van der Waals surface area contributed by atoms with Gasteiger partial charge in [0.05, 0.1) is 16.8 Å². The van der Waals surface area contributed by atoms with Crippen molar-refractivity contribution in [3.8, 4) is 16.9 Å². The van der Waals surface area contributed by atoms with Gasteiger partial charge < -0.3 is 0 Å². The minimum absolute atomic E-state index is 0.202. The number of aromatic nitrogens is 2. The van der Waals surface area contributed by atoms with Gasteiger partial charge in [-0.25, -0.2) is 9.07 Å². The number of hydrogen-bond donors (Lipinski definition) is 2. The summed E-state index contributed by atoms with van der Waals surface area (Å²) in [5.74, 6) is -2.18. The first kappa shape index (κ1) is 20.3. The highest BCUT2D eigenvalue weighted by atomic mass is 35.5. The Kier molecular flexibility index (Phi) is 5.77. The molecule has 2 N–H and O–H groups in total. The van der Waals surface area contributed by atoms with Gasteiger partial charge in [-0.2, -0.15) is 5.10 Å². The van der Waals surface area contributed by atoms with E-state index in [4.69, 9.17) is 11.6 Å². The summed E-state index contributed by atoms with van der Waals surface area (Å²) in [6, 6.07) is 22.1. The number of benzene rings is 3. The normalized spacial score (nSPS) is 10.5. The van der Waals surface area contributed by atoms with Crippen LogP contribution in [0.1, 0.15) is 20.7 Å². The lowest BCUT2D eigenvalue weighted by Crippen LogP contribution is -2.42. The Balaban J connectivity index is 1.61. The summed E-state index contributed by atoms with van der Waals surface area (Å²) < 4.78 is 15.5. The summed E-state index contributed by atoms with van der Waals surface area (Å²) in [5, 5.41) is 4.75. The molecule has 0 aliphatic carbocycles. The van der Waals surface area contributed by atoms with E-state index in [1.165, 1.54) is 12.1 Å². The highest BCUT2D eigenvalue weighted by molar-refractivity contribution is 6.31. The summed E-state index contributed by atoms with van der Waals surface area (Å²) in [6.45, 7) is 0. The van der Waals surface area contributed by atoms with Crippen LogP contribution in [0.4, 0.5) is 4.39 Å². The predicted molar refractivity (Wildman–Crippen MR) is 115 cm³/mol. The van der Waals surface area contributed by atoms with E-state index in [0.29, 0.717) is 5.69 Å². The van der Waals surface area contributed by atoms with Crippen LogP contribution < -0.4 is 10.9 Å². The largest absolute Gasteiger partial charge is 0.273 e. The van der Waals surface area contributed by atoms with Crippen LogP contribution in [0, 0.1) is 5.82 Å². The van der Waals surface area contributed by atoms with Crippen molar-refractivity contribution in [2.45, 2.75) is 0 Å². The van der Waals surface area contributed by atoms with E-state index in [9.17, 15) is 14.0 Å². The number of hydrazine groups is 1. The molecule has 0 saturated carbocycles. The number of para-hydroxylation sites is 1. The zero-order valence-electron chi connectivity index (χ0n) is 16.0. The molecule has 0 saturated heterocycles. The molecule has 0 bridgehead atoms. The molecule has 0 fully saturated rings. The SMILES string of the molecule is O=C(NNC(=O)c1cn(-c2ccccc2)nc1-c1ccccc1)c1cc(Cl)ccc1F. The number of carbonyl (C=O) groups is 2. The number of halogens is 2. The number of nitrogens with one attached hydrogen (secondary N) is 2. The summed E-state index contributed by atoms with van der Waals surface area (Å²) in [5.41, 5.74) is 6.43. The molecule has 0 aliphatic heterocycles. The van der Waals surface area contributed by atoms with Crippen LogP contribution >= 0.6 is 11.6 Å². The topological polar surface area (TPSA) is 76.0 Å². The molecule has 0 atom stereocenters. The van der Waals surface area contributed by atoms with Crippen molar-refractivity contribution in [1.29, 1.82) is 0 Å². The van der Waals surface area contributed by atoms with E-state index in [1.54, 1.807) is 10.9 Å². The van der Waals surface area contributed by atoms with Gasteiger partial charge in [0.2, 0.25) is 0 Å². The molecule has 154 valence electrons. The summed E-state index contributed by atoms with van der Waals surface area (Å²) in [4.78, 5) is 25.2. The highest BCUT2D eigenvalue weighted by Gasteiger charge is 2.20. The van der Waals surface area contributed by atoms with Crippen LogP contribution in [0.25, 0.3) is 16.9 Å². The standard InChI is InChI=1S/C23H16ClFN4O2/c24-16-11-12-20(25)18(13-16)22(30)26-27-23(31)19-14-29(17-9-5-2-6-10-17)28-21(19)15-7-3-1-4-8-15/h1-14H,(H,26,30)(H,27,31). The molecule has 0 aliphatic rings. The maximum Gasteiger partial charge on any atom is 0.273 e. The molecule has 6 nitrogen and oxygen atoms in total. The third-order valence-corrected chi connectivity index (χ3v) is 4.72. The number of carbonyl (C=O) groups excluding carboxylic acids is 2. The van der Waals surface area contributed by atoms with E-state index < -0.39 is 17.6 Å². The Bertz CT molecular complexity index is 1240. The second-order valence-corrected chi connectivity index (χ2v) is 7.01. The number of rotatable bonds is 4. The van der Waals surface area contributed by atoms with Crippen molar-refractivity contribution >= 4 is 23.4 Å². The maximum absolute atomic E-state index is 13.9. The first-order valence-corrected chi connectivity index (χ1v) is 9.67. The second kappa shape index (κ2) is 8.81. The van der Waals surface area contributed by atoms with E-state index >= 15 is 0 Å². The Hall–Kier alpha value is -3.97. The smallest absolute Gasteiger partial charge is 0.267 e. The first-order valence-electron chi connectivity index (χ1n) is 9.29. The van der Waals surface area contributed by atoms with E-state index in [1.807, 2.05) is 60.7 Å². The Morgan fingerprint density at radius 3 is 2.13 bits per heavy atom. The fourth-order valence-electron chi connectivity index (χ4n) is 2.98. The molecule has 3 aromatic carbocycles. The third-order valence-electron chi connectivity index (χ3n) is 4.49. The summed E-state index contributed by atoms with van der Waals surface area (Å²) in [6.07, 6.45) is 1.57. The zero-order chi connectivity index (χ0) is 21.8. The molecule has 1 heterocycles. The molecular weight excluding hydrogens is 419 g/mol. The molecular formula is C23H16ClFN4O2. The van der Waals surface area contributed by atoms with E-state index in [-0.39, 0.29) is 16.1 Å². The van der Waals surface area contributed by atoms with Crippen molar-refractivity contribution < 1.29 is 14.0 Å². The minimum Gasteiger partial charge on any atom is -0.267 e. The van der Waals surface area contributed by atoms with Crippen LogP contribution in [0.3, 0.4) is 0 Å². The highest BCUT2D eigenvalue weighted by Crippen LogP contribution is 2.23. The molecule has 0 radical (unpaired) electrons. The minimum atomic E-state index is -0.829. The van der Waals surface area contributed by atoms with Crippen LogP contribution in [0.2, 0.25) is 5.02 Å². The first-order chi connectivity index (χ1) is 15.0. The number of nitrogens with zero attached hydrogens (tertiary/aromatic N) is 2. The quantitative estimate of drug-likeness (QED) is 0.467. The lowest BCUT2D eigenvalue weighted by Gasteiger charge is -2.08. The zero-order valence-corrected chi connectivity index (χ0v) is 16.8. The molecule has 31 heavy (non-hydrogen) atoms.